The third-order valence-electron chi connectivity index (χ3n) is 3.93. The van der Waals surface area contributed by atoms with Crippen LogP contribution in [0.15, 0.2) is 36.4 Å². The summed E-state index contributed by atoms with van der Waals surface area (Å²) < 4.78 is 13.0. The lowest BCUT2D eigenvalue weighted by Gasteiger charge is -2.16. The lowest BCUT2D eigenvalue weighted by molar-refractivity contribution is -0.129. The molecule has 1 aromatic carbocycles. The Hall–Kier alpha value is -2.43. The summed E-state index contributed by atoms with van der Waals surface area (Å²) in [7, 11) is 0. The Balaban J connectivity index is 1.83. The van der Waals surface area contributed by atoms with Crippen LogP contribution in [0.5, 0.6) is 0 Å². The van der Waals surface area contributed by atoms with Gasteiger partial charge < -0.3 is 10.6 Å². The second kappa shape index (κ2) is 6.13. The third-order valence-corrected chi connectivity index (χ3v) is 3.93. The molecule has 0 atom stereocenters. The van der Waals surface area contributed by atoms with Gasteiger partial charge >= 0.3 is 0 Å². The second-order valence-corrected chi connectivity index (χ2v) is 5.50. The molecule has 1 amide bonds. The van der Waals surface area contributed by atoms with E-state index in [4.69, 9.17) is 5.73 Å². The highest BCUT2D eigenvalue weighted by molar-refractivity contribution is 5.80. The van der Waals surface area contributed by atoms with Crippen molar-refractivity contribution in [2.45, 2.75) is 19.3 Å². The largest absolute Gasteiger partial charge is 0.397 e. The number of aromatic nitrogens is 1. The first-order valence-corrected chi connectivity index (χ1v) is 7.42. The van der Waals surface area contributed by atoms with Crippen molar-refractivity contribution in [3.63, 3.8) is 0 Å². The summed E-state index contributed by atoms with van der Waals surface area (Å²) in [4.78, 5) is 18.6. The zero-order chi connectivity index (χ0) is 15.5. The number of pyridine rings is 1. The van der Waals surface area contributed by atoms with Crippen LogP contribution >= 0.6 is 0 Å². The average Bonchev–Trinajstić information content (AvgIpc) is 3.05. The maximum Gasteiger partial charge on any atom is 0.228 e. The fourth-order valence-electron chi connectivity index (χ4n) is 2.66. The summed E-state index contributed by atoms with van der Waals surface area (Å²) in [5.41, 5.74) is 8.54. The highest BCUT2D eigenvalue weighted by Crippen LogP contribution is 2.21. The van der Waals surface area contributed by atoms with Gasteiger partial charge in [0.15, 0.2) is 0 Å². The summed E-state index contributed by atoms with van der Waals surface area (Å²) in [6, 6.07) is 9.65. The van der Waals surface area contributed by atoms with E-state index in [0.717, 1.165) is 31.5 Å². The van der Waals surface area contributed by atoms with Gasteiger partial charge in [0.2, 0.25) is 5.91 Å². The van der Waals surface area contributed by atoms with E-state index in [1.54, 1.807) is 24.3 Å². The van der Waals surface area contributed by atoms with Crippen molar-refractivity contribution in [1.29, 1.82) is 0 Å². The lowest BCUT2D eigenvalue weighted by atomic mass is 10.1. The van der Waals surface area contributed by atoms with E-state index in [-0.39, 0.29) is 18.1 Å². The highest BCUT2D eigenvalue weighted by atomic mass is 19.1. The number of rotatable bonds is 3. The molecule has 0 bridgehead atoms. The fraction of sp³-hybridized carbons (Fsp3) is 0.294. The van der Waals surface area contributed by atoms with Gasteiger partial charge in [-0.1, -0.05) is 0 Å². The van der Waals surface area contributed by atoms with E-state index in [1.165, 1.54) is 12.1 Å². The zero-order valence-electron chi connectivity index (χ0n) is 12.3. The molecule has 1 saturated heterocycles. The number of hydrogen-bond acceptors (Lipinski definition) is 3. The van der Waals surface area contributed by atoms with Gasteiger partial charge in [0.1, 0.15) is 5.82 Å². The number of carbonyl (C=O) groups is 1. The first-order chi connectivity index (χ1) is 10.6. The summed E-state index contributed by atoms with van der Waals surface area (Å²) in [5, 5.41) is 0. The molecule has 0 spiro atoms. The van der Waals surface area contributed by atoms with Crippen LogP contribution in [0, 0.1) is 5.82 Å². The molecular weight excluding hydrogens is 281 g/mol. The van der Waals surface area contributed by atoms with Gasteiger partial charge in [0.25, 0.3) is 0 Å². The number of hydrogen-bond donors (Lipinski definition) is 1. The summed E-state index contributed by atoms with van der Waals surface area (Å²) in [6.45, 7) is 1.63. The molecule has 0 unspecified atom stereocenters. The Bertz CT molecular complexity index is 679. The average molecular weight is 299 g/mol. The molecule has 3 rings (SSSR count). The standard InChI is InChI=1S/C17H18FN3O/c18-13-5-3-12(4-6-13)15-8-7-14(19)16(20-15)11-17(22)21-9-1-2-10-21/h3-8H,1-2,9-11,19H2. The number of anilines is 1. The molecular formula is C17H18FN3O. The molecule has 4 nitrogen and oxygen atoms in total. The lowest BCUT2D eigenvalue weighted by Crippen LogP contribution is -2.29. The van der Waals surface area contributed by atoms with Crippen molar-refractivity contribution in [2.24, 2.45) is 0 Å². The number of amides is 1. The predicted octanol–water partition coefficient (Wildman–Crippen LogP) is 2.63. The fourth-order valence-corrected chi connectivity index (χ4v) is 2.66. The minimum atomic E-state index is -0.288. The topological polar surface area (TPSA) is 59.2 Å². The van der Waals surface area contributed by atoms with E-state index in [9.17, 15) is 9.18 Å². The molecule has 2 N–H and O–H groups in total. The van der Waals surface area contributed by atoms with Crippen molar-refractivity contribution >= 4 is 11.6 Å². The monoisotopic (exact) mass is 299 g/mol. The van der Waals surface area contributed by atoms with Crippen molar-refractivity contribution in [1.82, 2.24) is 9.88 Å². The van der Waals surface area contributed by atoms with Crippen molar-refractivity contribution in [3.05, 3.63) is 47.9 Å². The van der Waals surface area contributed by atoms with Gasteiger partial charge in [-0.2, -0.15) is 0 Å². The minimum Gasteiger partial charge on any atom is -0.397 e. The van der Waals surface area contributed by atoms with Crippen LogP contribution in [0.25, 0.3) is 11.3 Å². The maximum absolute atomic E-state index is 13.0. The minimum absolute atomic E-state index is 0.0629. The van der Waals surface area contributed by atoms with Crippen LogP contribution in [-0.4, -0.2) is 28.9 Å². The molecule has 114 valence electrons. The van der Waals surface area contributed by atoms with E-state index in [2.05, 4.69) is 4.98 Å². The number of nitrogens with zero attached hydrogens (tertiary/aromatic N) is 2. The van der Waals surface area contributed by atoms with Crippen LogP contribution in [0.3, 0.4) is 0 Å². The highest BCUT2D eigenvalue weighted by Gasteiger charge is 2.19. The first kappa shape index (κ1) is 14.5. The molecule has 1 aliphatic rings. The molecule has 1 aliphatic heterocycles. The van der Waals surface area contributed by atoms with Gasteiger partial charge in [-0.25, -0.2) is 4.39 Å². The van der Waals surface area contributed by atoms with Crippen molar-refractivity contribution in [3.8, 4) is 11.3 Å². The van der Waals surface area contributed by atoms with E-state index >= 15 is 0 Å². The number of nitrogens with two attached hydrogens (primary N) is 1. The maximum atomic E-state index is 13.0. The third kappa shape index (κ3) is 3.08. The molecule has 1 fully saturated rings. The Kier molecular flexibility index (Phi) is 4.04. The van der Waals surface area contributed by atoms with Gasteiger partial charge in [-0.15, -0.1) is 0 Å². The second-order valence-electron chi connectivity index (χ2n) is 5.50. The van der Waals surface area contributed by atoms with Gasteiger partial charge in [-0.3, -0.25) is 9.78 Å². The molecule has 0 radical (unpaired) electrons. The Morgan fingerprint density at radius 1 is 1.14 bits per heavy atom. The first-order valence-electron chi connectivity index (χ1n) is 7.42. The Morgan fingerprint density at radius 3 is 2.50 bits per heavy atom. The molecule has 2 heterocycles. The Morgan fingerprint density at radius 2 is 1.82 bits per heavy atom. The summed E-state index contributed by atoms with van der Waals surface area (Å²) in [6.07, 6.45) is 2.33. The number of benzene rings is 1. The molecule has 0 aliphatic carbocycles. The normalized spacial score (nSPS) is 14.3. The molecule has 1 aromatic heterocycles. The van der Waals surface area contributed by atoms with E-state index in [1.807, 2.05) is 4.90 Å². The van der Waals surface area contributed by atoms with Gasteiger partial charge in [-0.05, 0) is 49.2 Å². The van der Waals surface area contributed by atoms with Crippen LogP contribution in [-0.2, 0) is 11.2 Å². The number of halogens is 1. The zero-order valence-corrected chi connectivity index (χ0v) is 12.3. The van der Waals surface area contributed by atoms with Gasteiger partial charge in [0, 0.05) is 18.7 Å². The SMILES string of the molecule is Nc1ccc(-c2ccc(F)cc2)nc1CC(=O)N1CCCC1. The molecule has 5 heteroatoms. The van der Waals surface area contributed by atoms with Crippen LogP contribution in [0.4, 0.5) is 10.1 Å². The smallest absolute Gasteiger partial charge is 0.228 e. The predicted molar refractivity (Wildman–Crippen MR) is 83.6 cm³/mol. The van der Waals surface area contributed by atoms with Crippen LogP contribution in [0.1, 0.15) is 18.5 Å². The summed E-state index contributed by atoms with van der Waals surface area (Å²) in [5.74, 6) is -0.225. The van der Waals surface area contributed by atoms with Gasteiger partial charge in [0.05, 0.1) is 23.5 Å². The summed E-state index contributed by atoms with van der Waals surface area (Å²) >= 11 is 0. The Labute approximate surface area is 128 Å². The van der Waals surface area contributed by atoms with E-state index in [0.29, 0.717) is 17.1 Å². The number of nitrogen functional groups attached to an aromatic ring is 1. The quantitative estimate of drug-likeness (QED) is 0.948. The van der Waals surface area contributed by atoms with Crippen LogP contribution in [0.2, 0.25) is 0 Å². The van der Waals surface area contributed by atoms with E-state index < -0.39 is 0 Å². The molecule has 0 saturated carbocycles. The van der Waals surface area contributed by atoms with Crippen LogP contribution < -0.4 is 5.73 Å². The number of carbonyl (C=O) groups excluding carboxylic acids is 1. The molecule has 2 aromatic rings. The molecule has 22 heavy (non-hydrogen) atoms. The van der Waals surface area contributed by atoms with Crippen molar-refractivity contribution < 1.29 is 9.18 Å². The van der Waals surface area contributed by atoms with Crippen molar-refractivity contribution in [2.75, 3.05) is 18.8 Å². The number of likely N-dealkylation sites (tertiary alicyclic amines) is 1.